The van der Waals surface area contributed by atoms with Crippen LogP contribution in [0.25, 0.3) is 11.1 Å². The first-order valence-corrected chi connectivity index (χ1v) is 10.5. The van der Waals surface area contributed by atoms with Crippen molar-refractivity contribution in [2.24, 2.45) is 0 Å². The lowest BCUT2D eigenvalue weighted by atomic mass is 9.96. The lowest BCUT2D eigenvalue weighted by Crippen LogP contribution is -2.49. The van der Waals surface area contributed by atoms with Gasteiger partial charge in [0.1, 0.15) is 5.75 Å². The molecule has 0 saturated carbocycles. The fourth-order valence-corrected chi connectivity index (χ4v) is 4.39. The first-order chi connectivity index (χ1) is 15.2. The second-order valence-electron chi connectivity index (χ2n) is 8.04. The summed E-state index contributed by atoms with van der Waals surface area (Å²) in [6, 6.07) is 10.8. The van der Waals surface area contributed by atoms with Gasteiger partial charge in [-0.1, -0.05) is 24.3 Å². The number of carbonyl (C=O) groups is 1. The molecule has 0 aromatic heterocycles. The van der Waals surface area contributed by atoms with Crippen molar-refractivity contribution in [3.8, 4) is 16.9 Å². The molecule has 2 atom stereocenters. The summed E-state index contributed by atoms with van der Waals surface area (Å²) in [5.74, 6) is -0.470. The van der Waals surface area contributed by atoms with Crippen molar-refractivity contribution < 1.29 is 32.5 Å². The molecular weight excluding hydrogens is 425 g/mol. The van der Waals surface area contributed by atoms with Crippen molar-refractivity contribution in [3.05, 3.63) is 53.6 Å². The first-order valence-electron chi connectivity index (χ1n) is 10.5. The van der Waals surface area contributed by atoms with Crippen molar-refractivity contribution >= 4 is 5.91 Å². The van der Waals surface area contributed by atoms with E-state index in [0.29, 0.717) is 30.9 Å². The fraction of sp³-hybridized carbons (Fsp3) is 0.435. The number of rotatable bonds is 4. The predicted octanol–water partition coefficient (Wildman–Crippen LogP) is 3.08. The van der Waals surface area contributed by atoms with Crippen molar-refractivity contribution in [3.63, 3.8) is 0 Å². The second kappa shape index (κ2) is 9.09. The van der Waals surface area contributed by atoms with Crippen LogP contribution in [0.2, 0.25) is 0 Å². The lowest BCUT2D eigenvalue weighted by molar-refractivity contribution is -0.274. The summed E-state index contributed by atoms with van der Waals surface area (Å²) < 4.78 is 46.5. The van der Waals surface area contributed by atoms with Crippen LogP contribution in [-0.4, -0.2) is 78.7 Å². The normalized spacial score (nSPS) is 22.2. The van der Waals surface area contributed by atoms with Gasteiger partial charge in [-0.3, -0.25) is 9.69 Å². The molecule has 6 nitrogen and oxygen atoms in total. The van der Waals surface area contributed by atoms with Gasteiger partial charge in [0.15, 0.2) is 0 Å². The molecule has 2 aromatic rings. The minimum atomic E-state index is -4.75. The van der Waals surface area contributed by atoms with Gasteiger partial charge in [-0.15, -0.1) is 13.2 Å². The number of hydrogen-bond acceptors (Lipinski definition) is 5. The number of hydrogen-bond donors (Lipinski definition) is 1. The van der Waals surface area contributed by atoms with E-state index in [4.69, 9.17) is 4.74 Å². The number of likely N-dealkylation sites (tertiary alicyclic amines) is 1. The Labute approximate surface area is 184 Å². The summed E-state index contributed by atoms with van der Waals surface area (Å²) in [5.41, 5.74) is 2.66. The summed E-state index contributed by atoms with van der Waals surface area (Å²) in [5, 5.41) is 10.5. The van der Waals surface area contributed by atoms with Gasteiger partial charge in [0.2, 0.25) is 0 Å². The van der Waals surface area contributed by atoms with E-state index in [-0.39, 0.29) is 24.2 Å². The third-order valence-electron chi connectivity index (χ3n) is 6.02. The molecule has 2 heterocycles. The number of aliphatic hydroxyl groups is 1. The van der Waals surface area contributed by atoms with Gasteiger partial charge in [-0.05, 0) is 41.8 Å². The summed E-state index contributed by atoms with van der Waals surface area (Å²) in [6.07, 6.45) is -5.37. The molecular formula is C23H25F3N2O4. The number of morpholine rings is 1. The zero-order valence-electron chi connectivity index (χ0n) is 17.6. The number of ether oxygens (including phenoxy) is 2. The maximum absolute atomic E-state index is 13.3. The highest BCUT2D eigenvalue weighted by molar-refractivity contribution is 5.97. The highest BCUT2D eigenvalue weighted by atomic mass is 19.4. The number of carbonyl (C=O) groups excluding carboxylic acids is 1. The van der Waals surface area contributed by atoms with Gasteiger partial charge in [0, 0.05) is 31.7 Å². The SMILES string of the molecule is Cc1c(C(=O)N2C[C@H](O)[C@@H](N3CCOCC3)C2)cccc1-c1ccc(OC(F)(F)F)cc1. The lowest BCUT2D eigenvalue weighted by Gasteiger charge is -2.33. The van der Waals surface area contributed by atoms with E-state index < -0.39 is 12.5 Å². The van der Waals surface area contributed by atoms with Crippen LogP contribution >= 0.6 is 0 Å². The quantitative estimate of drug-likeness (QED) is 0.776. The topological polar surface area (TPSA) is 62.2 Å². The van der Waals surface area contributed by atoms with Gasteiger partial charge in [0.25, 0.3) is 5.91 Å². The maximum atomic E-state index is 13.3. The molecule has 2 aliphatic heterocycles. The van der Waals surface area contributed by atoms with Gasteiger partial charge >= 0.3 is 6.36 Å². The molecule has 172 valence electrons. The molecule has 2 aliphatic rings. The molecule has 4 rings (SSSR count). The van der Waals surface area contributed by atoms with Gasteiger partial charge in [0.05, 0.1) is 25.4 Å². The van der Waals surface area contributed by atoms with Crippen LogP contribution in [0.5, 0.6) is 5.75 Å². The van der Waals surface area contributed by atoms with Gasteiger partial charge in [-0.25, -0.2) is 0 Å². The Kier molecular flexibility index (Phi) is 6.41. The number of benzene rings is 2. The van der Waals surface area contributed by atoms with Crippen molar-refractivity contribution in [1.29, 1.82) is 0 Å². The monoisotopic (exact) mass is 450 g/mol. The van der Waals surface area contributed by atoms with E-state index in [1.165, 1.54) is 24.3 Å². The minimum Gasteiger partial charge on any atom is -0.406 e. The molecule has 32 heavy (non-hydrogen) atoms. The Morgan fingerprint density at radius 3 is 2.44 bits per heavy atom. The second-order valence-corrected chi connectivity index (χ2v) is 8.04. The average molecular weight is 450 g/mol. The summed E-state index contributed by atoms with van der Waals surface area (Å²) in [6.45, 7) is 5.20. The predicted molar refractivity (Wildman–Crippen MR) is 111 cm³/mol. The van der Waals surface area contributed by atoms with E-state index in [9.17, 15) is 23.1 Å². The molecule has 2 aromatic carbocycles. The molecule has 0 unspecified atom stereocenters. The molecule has 0 aliphatic carbocycles. The van der Waals surface area contributed by atoms with Gasteiger partial charge < -0.3 is 19.5 Å². The molecule has 0 radical (unpaired) electrons. The van der Waals surface area contributed by atoms with E-state index in [1.807, 2.05) is 13.0 Å². The molecule has 2 fully saturated rings. The number of nitrogens with zero attached hydrogens (tertiary/aromatic N) is 2. The summed E-state index contributed by atoms with van der Waals surface area (Å²) in [4.78, 5) is 17.1. The van der Waals surface area contributed by atoms with Crippen molar-refractivity contribution in [2.45, 2.75) is 25.4 Å². The maximum Gasteiger partial charge on any atom is 0.573 e. The molecule has 2 saturated heterocycles. The third-order valence-corrected chi connectivity index (χ3v) is 6.02. The summed E-state index contributed by atoms with van der Waals surface area (Å²) >= 11 is 0. The molecule has 1 N–H and O–H groups in total. The Morgan fingerprint density at radius 2 is 1.78 bits per heavy atom. The van der Waals surface area contributed by atoms with Crippen LogP contribution < -0.4 is 4.74 Å². The highest BCUT2D eigenvalue weighted by Gasteiger charge is 2.38. The average Bonchev–Trinajstić information content (AvgIpc) is 3.15. The standard InChI is InChI=1S/C23H25F3N2O4/c1-15-18(16-5-7-17(8-6-16)32-23(24,25)26)3-2-4-19(15)22(30)28-13-20(21(29)14-28)27-9-11-31-12-10-27/h2-8,20-21,29H,9-14H2,1H3/t20-,21-/m0/s1. The number of β-amino-alcohol motifs (C(OH)–C–C–N with tert-alkyl or cyclic N) is 1. The van der Waals surface area contributed by atoms with Gasteiger partial charge in [-0.2, -0.15) is 0 Å². The van der Waals surface area contributed by atoms with E-state index >= 15 is 0 Å². The number of amides is 1. The van der Waals surface area contributed by atoms with Crippen LogP contribution in [0.3, 0.4) is 0 Å². The zero-order chi connectivity index (χ0) is 22.9. The Bertz CT molecular complexity index is 959. The van der Waals surface area contributed by atoms with Crippen LogP contribution in [0, 0.1) is 6.92 Å². The van der Waals surface area contributed by atoms with E-state index in [0.717, 1.165) is 24.2 Å². The summed E-state index contributed by atoms with van der Waals surface area (Å²) in [7, 11) is 0. The van der Waals surface area contributed by atoms with Crippen molar-refractivity contribution in [1.82, 2.24) is 9.80 Å². The largest absolute Gasteiger partial charge is 0.573 e. The Morgan fingerprint density at radius 1 is 1.09 bits per heavy atom. The molecule has 0 spiro atoms. The zero-order valence-corrected chi connectivity index (χ0v) is 17.6. The van der Waals surface area contributed by atoms with Crippen LogP contribution in [0.4, 0.5) is 13.2 Å². The van der Waals surface area contributed by atoms with Crippen molar-refractivity contribution in [2.75, 3.05) is 39.4 Å². The Hall–Kier alpha value is -2.62. The van der Waals surface area contributed by atoms with Crippen LogP contribution in [-0.2, 0) is 4.74 Å². The van der Waals surface area contributed by atoms with Crippen LogP contribution in [0.1, 0.15) is 15.9 Å². The fourth-order valence-electron chi connectivity index (χ4n) is 4.39. The highest BCUT2D eigenvalue weighted by Crippen LogP contribution is 2.30. The van der Waals surface area contributed by atoms with E-state index in [2.05, 4.69) is 9.64 Å². The molecule has 1 amide bonds. The number of alkyl halides is 3. The minimum absolute atomic E-state index is 0.118. The smallest absolute Gasteiger partial charge is 0.406 e. The first kappa shape index (κ1) is 22.6. The molecule has 0 bridgehead atoms. The Balaban J connectivity index is 1.51. The third kappa shape index (κ3) is 4.90. The molecule has 9 heteroatoms. The van der Waals surface area contributed by atoms with Crippen LogP contribution in [0.15, 0.2) is 42.5 Å². The number of aliphatic hydroxyl groups excluding tert-OH is 1. The number of halogens is 3. The van der Waals surface area contributed by atoms with E-state index in [1.54, 1.807) is 17.0 Å².